The molecular formula is C12H8ClN2O4S-. The third kappa shape index (κ3) is 3.06. The number of carboxylic acids is 1. The van der Waals surface area contributed by atoms with Crippen LogP contribution < -0.4 is 9.83 Å². The lowest BCUT2D eigenvalue weighted by atomic mass is 10.2. The minimum absolute atomic E-state index is 0.0987. The highest BCUT2D eigenvalue weighted by Gasteiger charge is 2.19. The van der Waals surface area contributed by atoms with Crippen LogP contribution in [0.4, 0.5) is 5.82 Å². The van der Waals surface area contributed by atoms with Crippen LogP contribution in [0.25, 0.3) is 0 Å². The number of nitrogens with one attached hydrogen (secondary N) is 1. The van der Waals surface area contributed by atoms with E-state index in [1.807, 2.05) is 0 Å². The first-order valence-electron chi connectivity index (χ1n) is 5.35. The lowest BCUT2D eigenvalue weighted by Gasteiger charge is -2.10. The van der Waals surface area contributed by atoms with Crippen molar-refractivity contribution in [3.8, 4) is 0 Å². The molecule has 1 heterocycles. The Labute approximate surface area is 120 Å². The fourth-order valence-electron chi connectivity index (χ4n) is 1.45. The molecule has 1 aromatic heterocycles. The van der Waals surface area contributed by atoms with Crippen molar-refractivity contribution in [1.29, 1.82) is 0 Å². The van der Waals surface area contributed by atoms with E-state index < -0.39 is 16.0 Å². The van der Waals surface area contributed by atoms with Gasteiger partial charge in [0.2, 0.25) is 0 Å². The molecular weight excluding hydrogens is 304 g/mol. The average Bonchev–Trinajstić information content (AvgIpc) is 2.39. The lowest BCUT2D eigenvalue weighted by molar-refractivity contribution is -0.255. The molecule has 0 radical (unpaired) electrons. The van der Waals surface area contributed by atoms with E-state index in [1.165, 1.54) is 18.3 Å². The van der Waals surface area contributed by atoms with Crippen LogP contribution >= 0.6 is 11.6 Å². The van der Waals surface area contributed by atoms with Gasteiger partial charge < -0.3 is 9.90 Å². The molecule has 0 saturated carbocycles. The number of aromatic carboxylic acids is 1. The molecule has 0 unspecified atom stereocenters. The normalized spacial score (nSPS) is 11.1. The molecule has 0 aliphatic carbocycles. The Bertz CT molecular complexity index is 747. The summed E-state index contributed by atoms with van der Waals surface area (Å²) in [6, 6.07) is 7.96. The molecule has 0 bridgehead atoms. The predicted molar refractivity (Wildman–Crippen MR) is 70.8 cm³/mol. The summed E-state index contributed by atoms with van der Waals surface area (Å²) in [4.78, 5) is 14.2. The van der Waals surface area contributed by atoms with Crippen LogP contribution in [0.15, 0.2) is 47.5 Å². The first kappa shape index (κ1) is 14.3. The predicted octanol–water partition coefficient (Wildman–Crippen LogP) is 0.899. The first-order valence-corrected chi connectivity index (χ1v) is 7.21. The molecule has 1 aromatic carbocycles. The van der Waals surface area contributed by atoms with E-state index in [9.17, 15) is 18.3 Å². The van der Waals surface area contributed by atoms with Gasteiger partial charge in [0.1, 0.15) is 10.7 Å². The Balaban J connectivity index is 2.44. The highest BCUT2D eigenvalue weighted by molar-refractivity contribution is 7.92. The topological polar surface area (TPSA) is 99.2 Å². The van der Waals surface area contributed by atoms with E-state index in [-0.39, 0.29) is 21.3 Å². The molecule has 1 N–H and O–H groups in total. The molecule has 8 heteroatoms. The van der Waals surface area contributed by atoms with Crippen molar-refractivity contribution >= 4 is 33.4 Å². The number of halogens is 1. The van der Waals surface area contributed by atoms with Gasteiger partial charge in [0.05, 0.1) is 11.0 Å². The largest absolute Gasteiger partial charge is 0.545 e. The molecule has 6 nitrogen and oxygen atoms in total. The number of pyridine rings is 1. The third-order valence-electron chi connectivity index (χ3n) is 2.36. The highest BCUT2D eigenvalue weighted by Crippen LogP contribution is 2.24. The van der Waals surface area contributed by atoms with Crippen LogP contribution in [-0.4, -0.2) is 19.4 Å². The molecule has 0 atom stereocenters. The molecule has 20 heavy (non-hydrogen) atoms. The minimum atomic E-state index is -4.04. The van der Waals surface area contributed by atoms with Crippen LogP contribution in [0.5, 0.6) is 0 Å². The zero-order chi connectivity index (χ0) is 14.8. The molecule has 0 fully saturated rings. The Hall–Kier alpha value is -2.12. The first-order chi connectivity index (χ1) is 9.40. The van der Waals surface area contributed by atoms with Gasteiger partial charge in [0, 0.05) is 6.20 Å². The standard InChI is InChI=1S/C12H9ClN2O4S/c13-9-5-4-8(12(16)17)7-10(9)20(18,19)15-11-3-1-2-6-14-11/h1-7H,(H,14,15)(H,16,17)/p-1. The van der Waals surface area contributed by atoms with Gasteiger partial charge in [-0.05, 0) is 29.8 Å². The Morgan fingerprint density at radius 2 is 2.00 bits per heavy atom. The van der Waals surface area contributed by atoms with Crippen LogP contribution in [0, 0.1) is 0 Å². The second-order valence-electron chi connectivity index (χ2n) is 3.75. The molecule has 0 spiro atoms. The van der Waals surface area contributed by atoms with E-state index in [2.05, 4.69) is 9.71 Å². The number of hydrogen-bond donors (Lipinski definition) is 1. The Morgan fingerprint density at radius 3 is 2.60 bits per heavy atom. The molecule has 104 valence electrons. The summed E-state index contributed by atoms with van der Waals surface area (Å²) < 4.78 is 26.5. The number of carbonyl (C=O) groups excluding carboxylic acids is 1. The van der Waals surface area contributed by atoms with Crippen molar-refractivity contribution in [2.75, 3.05) is 4.72 Å². The Morgan fingerprint density at radius 1 is 1.25 bits per heavy atom. The van der Waals surface area contributed by atoms with Gasteiger partial charge >= 0.3 is 0 Å². The molecule has 0 aliphatic heterocycles. The second-order valence-corrected chi connectivity index (χ2v) is 5.81. The van der Waals surface area contributed by atoms with Crippen LogP contribution in [0.3, 0.4) is 0 Å². The van der Waals surface area contributed by atoms with E-state index in [4.69, 9.17) is 11.6 Å². The molecule has 0 amide bonds. The van der Waals surface area contributed by atoms with Crippen LogP contribution in [-0.2, 0) is 10.0 Å². The SMILES string of the molecule is O=C([O-])c1ccc(Cl)c(S(=O)(=O)Nc2ccccn2)c1. The number of nitrogens with zero attached hydrogens (tertiary/aromatic N) is 1. The number of benzene rings is 1. The number of hydrogen-bond acceptors (Lipinski definition) is 5. The monoisotopic (exact) mass is 311 g/mol. The number of carboxylic acid groups (broad SMARTS) is 1. The molecule has 2 rings (SSSR count). The lowest BCUT2D eigenvalue weighted by Crippen LogP contribution is -2.23. The summed E-state index contributed by atoms with van der Waals surface area (Å²) in [6.45, 7) is 0. The van der Waals surface area contributed by atoms with E-state index in [1.54, 1.807) is 12.1 Å². The summed E-state index contributed by atoms with van der Waals surface area (Å²) in [5.74, 6) is -1.39. The fraction of sp³-hybridized carbons (Fsp3) is 0. The Kier molecular flexibility index (Phi) is 3.91. The summed E-state index contributed by atoms with van der Waals surface area (Å²) in [5.41, 5.74) is -0.282. The van der Waals surface area contributed by atoms with E-state index in [0.29, 0.717) is 0 Å². The summed E-state index contributed by atoms with van der Waals surface area (Å²) >= 11 is 5.80. The van der Waals surface area contributed by atoms with Crippen LogP contribution in [0.2, 0.25) is 5.02 Å². The minimum Gasteiger partial charge on any atom is -0.545 e. The number of rotatable bonds is 4. The van der Waals surface area contributed by atoms with Gasteiger partial charge in [0.15, 0.2) is 0 Å². The van der Waals surface area contributed by atoms with Crippen molar-refractivity contribution < 1.29 is 18.3 Å². The quantitative estimate of drug-likeness (QED) is 0.904. The van der Waals surface area contributed by atoms with E-state index in [0.717, 1.165) is 12.1 Å². The van der Waals surface area contributed by atoms with Gasteiger partial charge in [-0.15, -0.1) is 0 Å². The fourth-order valence-corrected chi connectivity index (χ4v) is 2.99. The van der Waals surface area contributed by atoms with Gasteiger partial charge in [-0.3, -0.25) is 4.72 Å². The molecule has 0 saturated heterocycles. The summed E-state index contributed by atoms with van der Waals surface area (Å²) in [5, 5.41) is 10.7. The van der Waals surface area contributed by atoms with Gasteiger partial charge in [0.25, 0.3) is 10.0 Å². The summed E-state index contributed by atoms with van der Waals surface area (Å²) in [6.07, 6.45) is 1.41. The van der Waals surface area contributed by atoms with Crippen molar-refractivity contribution in [2.24, 2.45) is 0 Å². The number of anilines is 1. The number of aromatic nitrogens is 1. The number of carbonyl (C=O) groups is 1. The highest BCUT2D eigenvalue weighted by atomic mass is 35.5. The van der Waals surface area contributed by atoms with E-state index >= 15 is 0 Å². The summed E-state index contributed by atoms with van der Waals surface area (Å²) in [7, 11) is -4.04. The molecule has 2 aromatic rings. The molecule has 0 aliphatic rings. The number of sulfonamides is 1. The van der Waals surface area contributed by atoms with Crippen molar-refractivity contribution in [3.63, 3.8) is 0 Å². The van der Waals surface area contributed by atoms with Gasteiger partial charge in [-0.2, -0.15) is 0 Å². The maximum Gasteiger partial charge on any atom is 0.264 e. The third-order valence-corrected chi connectivity index (χ3v) is 4.20. The van der Waals surface area contributed by atoms with Crippen LogP contribution in [0.1, 0.15) is 10.4 Å². The van der Waals surface area contributed by atoms with Crippen molar-refractivity contribution in [1.82, 2.24) is 4.98 Å². The average molecular weight is 312 g/mol. The maximum absolute atomic E-state index is 12.1. The van der Waals surface area contributed by atoms with Crippen molar-refractivity contribution in [3.05, 3.63) is 53.2 Å². The van der Waals surface area contributed by atoms with Crippen molar-refractivity contribution in [2.45, 2.75) is 4.90 Å². The smallest absolute Gasteiger partial charge is 0.264 e. The zero-order valence-electron chi connectivity index (χ0n) is 9.91. The zero-order valence-corrected chi connectivity index (χ0v) is 11.5. The maximum atomic E-state index is 12.1. The van der Waals surface area contributed by atoms with Gasteiger partial charge in [-0.25, -0.2) is 13.4 Å². The second kappa shape index (κ2) is 5.48. The van der Waals surface area contributed by atoms with Gasteiger partial charge in [-0.1, -0.05) is 23.7 Å².